The monoisotopic (exact) mass is 450 g/mol. The number of aromatic nitrogens is 5. The smallest absolute Gasteiger partial charge is 0.252 e. The number of pyridine rings is 1. The fourth-order valence-corrected chi connectivity index (χ4v) is 5.67. The van der Waals surface area contributed by atoms with Crippen molar-refractivity contribution in [3.63, 3.8) is 0 Å². The lowest BCUT2D eigenvalue weighted by atomic mass is 9.95. The number of rotatable bonds is 6. The van der Waals surface area contributed by atoms with E-state index in [9.17, 15) is 4.79 Å². The minimum absolute atomic E-state index is 0.0590. The highest BCUT2D eigenvalue weighted by atomic mass is 16.7. The van der Waals surface area contributed by atoms with Crippen molar-refractivity contribution in [1.29, 1.82) is 0 Å². The zero-order valence-electron chi connectivity index (χ0n) is 18.8. The standard InChI is InChI=1S/C24H30N6O3/c31-24-17(10-16-11-21-22(33-15-32-21)12-20(16)25-24)13-29(18-6-4-5-7-18)14-23-26-27-28-30(23)19-8-2-1-3-9-19/h10-12,18-19H,1-9,13-15H2,(H,25,31). The van der Waals surface area contributed by atoms with E-state index in [1.807, 2.05) is 22.9 Å². The Morgan fingerprint density at radius 1 is 0.970 bits per heavy atom. The molecule has 6 rings (SSSR count). The number of nitrogens with one attached hydrogen (secondary N) is 1. The van der Waals surface area contributed by atoms with E-state index in [-0.39, 0.29) is 12.4 Å². The molecule has 174 valence electrons. The molecule has 9 heteroatoms. The molecule has 2 saturated carbocycles. The zero-order valence-corrected chi connectivity index (χ0v) is 18.8. The first-order chi connectivity index (χ1) is 16.2. The van der Waals surface area contributed by atoms with Crippen LogP contribution >= 0.6 is 0 Å². The van der Waals surface area contributed by atoms with Crippen LogP contribution < -0.4 is 15.0 Å². The zero-order chi connectivity index (χ0) is 22.2. The lowest BCUT2D eigenvalue weighted by Gasteiger charge is -2.29. The number of aromatic amines is 1. The third kappa shape index (κ3) is 4.10. The third-order valence-electron chi connectivity index (χ3n) is 7.45. The van der Waals surface area contributed by atoms with Gasteiger partial charge in [0, 0.05) is 29.6 Å². The molecular weight excluding hydrogens is 420 g/mol. The second-order valence-electron chi connectivity index (χ2n) is 9.59. The van der Waals surface area contributed by atoms with Crippen LogP contribution in [0, 0.1) is 0 Å². The molecule has 3 aromatic rings. The molecule has 0 amide bonds. The summed E-state index contributed by atoms with van der Waals surface area (Å²) < 4.78 is 13.0. The van der Waals surface area contributed by atoms with E-state index in [0.29, 0.717) is 30.9 Å². The van der Waals surface area contributed by atoms with Gasteiger partial charge in [0.05, 0.1) is 18.1 Å². The Hall–Kier alpha value is -2.94. The molecule has 0 radical (unpaired) electrons. The molecule has 1 aromatic carbocycles. The van der Waals surface area contributed by atoms with E-state index in [1.165, 1.54) is 32.1 Å². The minimum atomic E-state index is -0.0590. The van der Waals surface area contributed by atoms with Gasteiger partial charge in [-0.3, -0.25) is 9.69 Å². The molecule has 3 aliphatic rings. The molecule has 3 heterocycles. The van der Waals surface area contributed by atoms with Crippen LogP contribution in [0.15, 0.2) is 23.0 Å². The summed E-state index contributed by atoms with van der Waals surface area (Å²) in [7, 11) is 0. The van der Waals surface area contributed by atoms with Crippen molar-refractivity contribution < 1.29 is 9.47 Å². The third-order valence-corrected chi connectivity index (χ3v) is 7.45. The molecule has 0 spiro atoms. The Labute approximate surface area is 192 Å². The van der Waals surface area contributed by atoms with Gasteiger partial charge in [-0.15, -0.1) is 5.10 Å². The molecular formula is C24H30N6O3. The predicted molar refractivity (Wildman–Crippen MR) is 122 cm³/mol. The molecule has 9 nitrogen and oxygen atoms in total. The van der Waals surface area contributed by atoms with Crippen LogP contribution in [-0.4, -0.2) is 42.9 Å². The van der Waals surface area contributed by atoms with Gasteiger partial charge in [0.15, 0.2) is 17.3 Å². The molecule has 33 heavy (non-hydrogen) atoms. The molecule has 2 aliphatic carbocycles. The summed E-state index contributed by atoms with van der Waals surface area (Å²) in [5.41, 5.74) is 1.46. The molecule has 0 bridgehead atoms. The topological polar surface area (TPSA) is 98.2 Å². The van der Waals surface area contributed by atoms with Gasteiger partial charge in [0.25, 0.3) is 5.56 Å². The van der Waals surface area contributed by atoms with Crippen LogP contribution in [0.2, 0.25) is 0 Å². The number of nitrogens with zero attached hydrogens (tertiary/aromatic N) is 5. The summed E-state index contributed by atoms with van der Waals surface area (Å²) in [5.74, 6) is 2.31. The number of tetrazole rings is 1. The average molecular weight is 451 g/mol. The quantitative estimate of drug-likeness (QED) is 0.611. The number of H-pyrrole nitrogens is 1. The second-order valence-corrected chi connectivity index (χ2v) is 9.59. The minimum Gasteiger partial charge on any atom is -0.454 e. The summed E-state index contributed by atoms with van der Waals surface area (Å²) in [6, 6.07) is 6.61. The van der Waals surface area contributed by atoms with Crippen LogP contribution in [0.1, 0.15) is 75.2 Å². The Morgan fingerprint density at radius 2 is 1.73 bits per heavy atom. The summed E-state index contributed by atoms with van der Waals surface area (Å²) in [6.07, 6.45) is 10.8. The van der Waals surface area contributed by atoms with Gasteiger partial charge in [0.2, 0.25) is 6.79 Å². The van der Waals surface area contributed by atoms with Crippen molar-refractivity contribution in [2.24, 2.45) is 0 Å². The number of ether oxygens (including phenoxy) is 2. The Kier molecular flexibility index (Phi) is 5.49. The van der Waals surface area contributed by atoms with E-state index >= 15 is 0 Å². The number of hydrogen-bond donors (Lipinski definition) is 1. The van der Waals surface area contributed by atoms with Crippen molar-refractivity contribution in [1.82, 2.24) is 30.1 Å². The fraction of sp³-hybridized carbons (Fsp3) is 0.583. The molecule has 0 saturated heterocycles. The van der Waals surface area contributed by atoms with Gasteiger partial charge < -0.3 is 14.5 Å². The molecule has 2 aromatic heterocycles. The Balaban J connectivity index is 1.29. The van der Waals surface area contributed by atoms with Gasteiger partial charge in [-0.1, -0.05) is 32.1 Å². The van der Waals surface area contributed by atoms with Crippen LogP contribution in [0.4, 0.5) is 0 Å². The van der Waals surface area contributed by atoms with E-state index < -0.39 is 0 Å². The van der Waals surface area contributed by atoms with Crippen molar-refractivity contribution in [3.8, 4) is 11.5 Å². The summed E-state index contributed by atoms with van der Waals surface area (Å²) in [4.78, 5) is 18.4. The van der Waals surface area contributed by atoms with Crippen molar-refractivity contribution in [3.05, 3.63) is 39.9 Å². The van der Waals surface area contributed by atoms with E-state index in [0.717, 1.165) is 53.7 Å². The Morgan fingerprint density at radius 3 is 2.55 bits per heavy atom. The highest BCUT2D eigenvalue weighted by Crippen LogP contribution is 2.35. The fourth-order valence-electron chi connectivity index (χ4n) is 5.67. The highest BCUT2D eigenvalue weighted by Gasteiger charge is 2.27. The first kappa shape index (κ1) is 20.7. The first-order valence-electron chi connectivity index (χ1n) is 12.2. The van der Waals surface area contributed by atoms with E-state index in [2.05, 4.69) is 25.4 Å². The van der Waals surface area contributed by atoms with Crippen LogP contribution in [0.25, 0.3) is 10.9 Å². The Bertz CT molecular complexity index is 1190. The maximum atomic E-state index is 13.0. The molecule has 1 aliphatic heterocycles. The van der Waals surface area contributed by atoms with Crippen molar-refractivity contribution in [2.75, 3.05) is 6.79 Å². The average Bonchev–Trinajstić information content (AvgIpc) is 3.60. The highest BCUT2D eigenvalue weighted by molar-refractivity contribution is 5.83. The summed E-state index contributed by atoms with van der Waals surface area (Å²) >= 11 is 0. The van der Waals surface area contributed by atoms with E-state index in [1.54, 1.807) is 0 Å². The predicted octanol–water partition coefficient (Wildman–Crippen LogP) is 3.69. The number of hydrogen-bond acceptors (Lipinski definition) is 7. The second kappa shape index (κ2) is 8.78. The summed E-state index contributed by atoms with van der Waals surface area (Å²) in [6.45, 7) is 1.45. The van der Waals surface area contributed by atoms with Crippen molar-refractivity contribution in [2.45, 2.75) is 83.0 Å². The number of fused-ring (bicyclic) bond motifs is 2. The molecule has 1 N–H and O–H groups in total. The lowest BCUT2D eigenvalue weighted by Crippen LogP contribution is -2.35. The normalized spacial score (nSPS) is 19.2. The van der Waals surface area contributed by atoms with Crippen LogP contribution in [0.5, 0.6) is 11.5 Å². The van der Waals surface area contributed by atoms with Crippen LogP contribution in [-0.2, 0) is 13.1 Å². The SMILES string of the molecule is O=c1[nH]c2cc3c(cc2cc1CN(Cc1nnnn1C1CCCCC1)C1CCCC1)OCO3. The molecule has 2 fully saturated rings. The maximum absolute atomic E-state index is 13.0. The molecule has 0 unspecified atom stereocenters. The first-order valence-corrected chi connectivity index (χ1v) is 12.2. The molecule has 0 atom stereocenters. The van der Waals surface area contributed by atoms with E-state index in [4.69, 9.17) is 9.47 Å². The maximum Gasteiger partial charge on any atom is 0.252 e. The number of benzene rings is 1. The lowest BCUT2D eigenvalue weighted by molar-refractivity contribution is 0.168. The largest absolute Gasteiger partial charge is 0.454 e. The van der Waals surface area contributed by atoms with Crippen LogP contribution in [0.3, 0.4) is 0 Å². The van der Waals surface area contributed by atoms with Gasteiger partial charge in [0.1, 0.15) is 0 Å². The van der Waals surface area contributed by atoms with Crippen molar-refractivity contribution >= 4 is 10.9 Å². The van der Waals surface area contributed by atoms with Gasteiger partial charge >= 0.3 is 0 Å². The van der Waals surface area contributed by atoms with Gasteiger partial charge in [-0.2, -0.15) is 0 Å². The summed E-state index contributed by atoms with van der Waals surface area (Å²) in [5, 5.41) is 13.7. The van der Waals surface area contributed by atoms with Gasteiger partial charge in [-0.05, 0) is 48.2 Å². The van der Waals surface area contributed by atoms with Gasteiger partial charge in [-0.25, -0.2) is 4.68 Å².